The first-order chi connectivity index (χ1) is 9.74. The standard InChI is InChI=1S/C14H16BrN3O2S/c1-14(2,3)16-13(21)18-17-12(19)11-7-8-6-9(15)4-5-10(8)20-11/h4-7H,1-3H3,(H,17,19)(H2,16,18,21). The average Bonchev–Trinajstić information content (AvgIpc) is 2.76. The number of hydrazine groups is 1. The van der Waals surface area contributed by atoms with Crippen LogP contribution in [-0.2, 0) is 0 Å². The fourth-order valence-electron chi connectivity index (χ4n) is 1.67. The summed E-state index contributed by atoms with van der Waals surface area (Å²) < 4.78 is 6.41. The zero-order valence-electron chi connectivity index (χ0n) is 11.9. The van der Waals surface area contributed by atoms with Gasteiger partial charge in [0, 0.05) is 15.4 Å². The van der Waals surface area contributed by atoms with E-state index in [-0.39, 0.29) is 17.2 Å². The maximum absolute atomic E-state index is 12.0. The number of furan rings is 1. The number of nitrogens with one attached hydrogen (secondary N) is 3. The molecule has 3 N–H and O–H groups in total. The molecule has 1 heterocycles. The van der Waals surface area contributed by atoms with Gasteiger partial charge in [-0.25, -0.2) is 0 Å². The molecule has 21 heavy (non-hydrogen) atoms. The largest absolute Gasteiger partial charge is 0.451 e. The number of amides is 1. The summed E-state index contributed by atoms with van der Waals surface area (Å²) in [5.74, 6) is -0.172. The van der Waals surface area contributed by atoms with Gasteiger partial charge in [-0.3, -0.25) is 15.6 Å². The summed E-state index contributed by atoms with van der Waals surface area (Å²) in [4.78, 5) is 12.0. The normalized spacial score (nSPS) is 11.2. The molecule has 7 heteroatoms. The van der Waals surface area contributed by atoms with Gasteiger partial charge in [-0.1, -0.05) is 15.9 Å². The van der Waals surface area contributed by atoms with Crippen molar-refractivity contribution >= 4 is 50.1 Å². The Bertz CT molecular complexity index is 691. The second-order valence-corrected chi connectivity index (χ2v) is 6.90. The third-order valence-corrected chi connectivity index (χ3v) is 3.18. The van der Waals surface area contributed by atoms with Gasteiger partial charge in [-0.2, -0.15) is 0 Å². The molecule has 1 aromatic carbocycles. The van der Waals surface area contributed by atoms with Gasteiger partial charge in [0.2, 0.25) is 0 Å². The Morgan fingerprint density at radius 3 is 2.62 bits per heavy atom. The molecular formula is C14H16BrN3O2S. The lowest BCUT2D eigenvalue weighted by molar-refractivity contribution is 0.0917. The highest BCUT2D eigenvalue weighted by atomic mass is 79.9. The van der Waals surface area contributed by atoms with Gasteiger partial charge in [0.1, 0.15) is 5.58 Å². The van der Waals surface area contributed by atoms with Gasteiger partial charge in [-0.15, -0.1) is 0 Å². The molecule has 112 valence electrons. The van der Waals surface area contributed by atoms with Gasteiger partial charge in [0.15, 0.2) is 10.9 Å². The van der Waals surface area contributed by atoms with Crippen LogP contribution in [0.4, 0.5) is 0 Å². The number of rotatable bonds is 1. The van der Waals surface area contributed by atoms with Gasteiger partial charge in [-0.05, 0) is 57.3 Å². The lowest BCUT2D eigenvalue weighted by Crippen LogP contribution is -2.52. The maximum Gasteiger partial charge on any atom is 0.305 e. The zero-order chi connectivity index (χ0) is 15.6. The summed E-state index contributed by atoms with van der Waals surface area (Å²) in [7, 11) is 0. The van der Waals surface area contributed by atoms with E-state index in [0.717, 1.165) is 9.86 Å². The molecular weight excluding hydrogens is 354 g/mol. The smallest absolute Gasteiger partial charge is 0.305 e. The number of halogens is 1. The Morgan fingerprint density at radius 2 is 1.95 bits per heavy atom. The Morgan fingerprint density at radius 1 is 1.24 bits per heavy atom. The summed E-state index contributed by atoms with van der Waals surface area (Å²) in [5, 5.41) is 4.22. The molecule has 0 saturated carbocycles. The number of fused-ring (bicyclic) bond motifs is 1. The van der Waals surface area contributed by atoms with Crippen molar-refractivity contribution in [2.75, 3.05) is 0 Å². The van der Waals surface area contributed by atoms with Crippen LogP contribution in [0.2, 0.25) is 0 Å². The van der Waals surface area contributed by atoms with E-state index in [1.807, 2.05) is 32.9 Å². The molecule has 0 radical (unpaired) electrons. The van der Waals surface area contributed by atoms with Crippen molar-refractivity contribution in [1.82, 2.24) is 16.2 Å². The molecule has 0 bridgehead atoms. The van der Waals surface area contributed by atoms with Crippen molar-refractivity contribution in [2.45, 2.75) is 26.3 Å². The Labute approximate surface area is 136 Å². The summed E-state index contributed by atoms with van der Waals surface area (Å²) in [6, 6.07) is 7.22. The minimum atomic E-state index is -0.389. The van der Waals surface area contributed by atoms with Crippen LogP contribution in [0.1, 0.15) is 31.3 Å². The SMILES string of the molecule is CC(C)(C)NC(=S)NNC(=O)c1cc2cc(Br)ccc2o1. The number of hydrogen-bond donors (Lipinski definition) is 3. The van der Waals surface area contributed by atoms with E-state index in [1.54, 1.807) is 12.1 Å². The van der Waals surface area contributed by atoms with Gasteiger partial charge >= 0.3 is 5.91 Å². The molecule has 0 aliphatic carbocycles. The topological polar surface area (TPSA) is 66.3 Å². The molecule has 0 saturated heterocycles. The van der Waals surface area contributed by atoms with Crippen molar-refractivity contribution in [3.05, 3.63) is 34.5 Å². The van der Waals surface area contributed by atoms with E-state index in [1.165, 1.54) is 0 Å². The number of hydrogen-bond acceptors (Lipinski definition) is 3. The van der Waals surface area contributed by atoms with E-state index in [4.69, 9.17) is 16.6 Å². The summed E-state index contributed by atoms with van der Waals surface area (Å²) >= 11 is 8.45. The Kier molecular flexibility index (Phi) is 4.53. The second kappa shape index (κ2) is 6.03. The average molecular weight is 370 g/mol. The molecule has 2 rings (SSSR count). The number of carbonyl (C=O) groups is 1. The third kappa shape index (κ3) is 4.44. The lowest BCUT2D eigenvalue weighted by Gasteiger charge is -2.22. The van der Waals surface area contributed by atoms with Gasteiger partial charge < -0.3 is 9.73 Å². The summed E-state index contributed by atoms with van der Waals surface area (Å²) in [6.45, 7) is 5.92. The Hall–Kier alpha value is -1.60. The fourth-order valence-corrected chi connectivity index (χ4v) is 2.41. The minimum Gasteiger partial charge on any atom is -0.451 e. The quantitative estimate of drug-likeness (QED) is 0.532. The highest BCUT2D eigenvalue weighted by Crippen LogP contribution is 2.23. The highest BCUT2D eigenvalue weighted by molar-refractivity contribution is 9.10. The molecule has 2 aromatic rings. The molecule has 1 amide bonds. The molecule has 5 nitrogen and oxygen atoms in total. The number of benzene rings is 1. The first-order valence-corrected chi connectivity index (χ1v) is 7.52. The number of thiocarbonyl (C=S) groups is 1. The van der Waals surface area contributed by atoms with E-state index in [2.05, 4.69) is 32.1 Å². The van der Waals surface area contributed by atoms with Crippen molar-refractivity contribution in [3.8, 4) is 0 Å². The molecule has 0 aliphatic heterocycles. The zero-order valence-corrected chi connectivity index (χ0v) is 14.3. The fraction of sp³-hybridized carbons (Fsp3) is 0.286. The van der Waals surface area contributed by atoms with Crippen molar-refractivity contribution in [3.63, 3.8) is 0 Å². The van der Waals surface area contributed by atoms with E-state index >= 15 is 0 Å². The molecule has 0 unspecified atom stereocenters. The van der Waals surface area contributed by atoms with Crippen LogP contribution in [0.3, 0.4) is 0 Å². The summed E-state index contributed by atoms with van der Waals surface area (Å²) in [5.41, 5.74) is 5.61. The summed E-state index contributed by atoms with van der Waals surface area (Å²) in [6.07, 6.45) is 0. The lowest BCUT2D eigenvalue weighted by atomic mass is 10.1. The predicted octanol–water partition coefficient (Wildman–Crippen LogP) is 3.10. The first-order valence-electron chi connectivity index (χ1n) is 6.32. The van der Waals surface area contributed by atoms with Gasteiger partial charge in [0.25, 0.3) is 0 Å². The molecule has 0 spiro atoms. The van der Waals surface area contributed by atoms with Crippen molar-refractivity contribution < 1.29 is 9.21 Å². The minimum absolute atomic E-state index is 0.180. The number of carbonyl (C=O) groups excluding carboxylic acids is 1. The molecule has 0 fully saturated rings. The van der Waals surface area contributed by atoms with E-state index in [9.17, 15) is 4.79 Å². The molecule has 0 atom stereocenters. The third-order valence-electron chi connectivity index (χ3n) is 2.48. The van der Waals surface area contributed by atoms with Crippen LogP contribution in [0.15, 0.2) is 33.2 Å². The van der Waals surface area contributed by atoms with Crippen LogP contribution < -0.4 is 16.2 Å². The van der Waals surface area contributed by atoms with Crippen LogP contribution >= 0.6 is 28.1 Å². The van der Waals surface area contributed by atoms with Crippen LogP contribution in [0.5, 0.6) is 0 Å². The monoisotopic (exact) mass is 369 g/mol. The predicted molar refractivity (Wildman–Crippen MR) is 90.0 cm³/mol. The molecule has 1 aromatic heterocycles. The van der Waals surface area contributed by atoms with Gasteiger partial charge in [0.05, 0.1) is 0 Å². The van der Waals surface area contributed by atoms with Crippen molar-refractivity contribution in [1.29, 1.82) is 0 Å². The molecule has 0 aliphatic rings. The van der Waals surface area contributed by atoms with E-state index in [0.29, 0.717) is 10.7 Å². The van der Waals surface area contributed by atoms with Crippen LogP contribution in [-0.4, -0.2) is 16.6 Å². The second-order valence-electron chi connectivity index (χ2n) is 5.58. The first kappa shape index (κ1) is 15.8. The van der Waals surface area contributed by atoms with Crippen LogP contribution in [0.25, 0.3) is 11.0 Å². The van der Waals surface area contributed by atoms with E-state index < -0.39 is 0 Å². The maximum atomic E-state index is 12.0. The van der Waals surface area contributed by atoms with Crippen LogP contribution in [0, 0.1) is 0 Å². The van der Waals surface area contributed by atoms with Crippen molar-refractivity contribution in [2.24, 2.45) is 0 Å². The highest BCUT2D eigenvalue weighted by Gasteiger charge is 2.14. The Balaban J connectivity index is 2.01.